The van der Waals surface area contributed by atoms with Gasteiger partial charge in [-0.1, -0.05) is 49.9 Å². The van der Waals surface area contributed by atoms with Crippen LogP contribution in [0.4, 0.5) is 0 Å². The second-order valence-corrected chi connectivity index (χ2v) is 15.6. The molecule has 4 aliphatic carbocycles. The summed E-state index contributed by atoms with van der Waals surface area (Å²) >= 11 is 1.28. The summed E-state index contributed by atoms with van der Waals surface area (Å²) in [6.45, 7) is 3.64. The Labute approximate surface area is 311 Å². The van der Waals surface area contributed by atoms with Crippen LogP contribution in [0.1, 0.15) is 140 Å². The van der Waals surface area contributed by atoms with Crippen LogP contribution in [0.5, 0.6) is 11.5 Å². The van der Waals surface area contributed by atoms with Gasteiger partial charge in [0.15, 0.2) is 11.6 Å². The molecule has 276 valence electrons. The number of fused-ring (bicyclic) bond motifs is 8. The molecule has 8 atom stereocenters. The van der Waals surface area contributed by atoms with Crippen LogP contribution in [-0.4, -0.2) is 60.4 Å². The first kappa shape index (κ1) is 35.9. The minimum Gasteiger partial charge on any atom is -0.496 e. The Hall–Kier alpha value is -4.07. The number of aliphatic hydroxyl groups excluding tert-OH is 4. The Morgan fingerprint density at radius 3 is 1.32 bits per heavy atom. The van der Waals surface area contributed by atoms with Crippen LogP contribution in [0.15, 0.2) is 58.3 Å². The molecule has 8 rings (SSSR count). The summed E-state index contributed by atoms with van der Waals surface area (Å²) < 4.78 is 24.0. The molecule has 0 radical (unpaired) electrons. The molecule has 0 aromatic heterocycles. The lowest BCUT2D eigenvalue weighted by Gasteiger charge is -2.39. The van der Waals surface area contributed by atoms with Crippen LogP contribution in [0, 0.1) is 11.8 Å². The lowest BCUT2D eigenvalue weighted by Crippen LogP contribution is -2.30. The third kappa shape index (κ3) is 5.16. The average molecular weight is 739 g/mol. The smallest absolute Gasteiger partial charge is 0.164 e. The van der Waals surface area contributed by atoms with Gasteiger partial charge in [0.05, 0.1) is 26.4 Å². The van der Waals surface area contributed by atoms with Crippen molar-refractivity contribution in [3.05, 3.63) is 115 Å². The fraction of sp³-hybridized carbons (Fsp3) is 0.381. The molecule has 0 bridgehead atoms. The van der Waals surface area contributed by atoms with Gasteiger partial charge in [0.1, 0.15) is 35.9 Å². The van der Waals surface area contributed by atoms with Gasteiger partial charge in [-0.25, -0.2) is 0 Å². The summed E-state index contributed by atoms with van der Waals surface area (Å²) in [7, 11) is 6.20. The van der Waals surface area contributed by atoms with E-state index in [1.807, 2.05) is 13.8 Å². The Morgan fingerprint density at radius 2 is 0.962 bits per heavy atom. The fourth-order valence-electron chi connectivity index (χ4n) is 9.13. The van der Waals surface area contributed by atoms with Crippen molar-refractivity contribution in [2.75, 3.05) is 28.4 Å². The number of ether oxygens (including phenoxy) is 4. The molecular weight excluding hydrogens is 697 g/mol. The maximum absolute atomic E-state index is 13.9. The number of aliphatic hydroxyl groups is 4. The van der Waals surface area contributed by atoms with Crippen molar-refractivity contribution in [3.8, 4) is 11.5 Å². The first-order valence-electron chi connectivity index (χ1n) is 17.7. The number of hydrogen-bond acceptors (Lipinski definition) is 11. The fourth-order valence-corrected chi connectivity index (χ4v) is 10.4. The predicted octanol–water partition coefficient (Wildman–Crippen LogP) is 6.63. The number of rotatable bonds is 6. The lowest BCUT2D eigenvalue weighted by molar-refractivity contribution is 0.0730. The van der Waals surface area contributed by atoms with Crippen molar-refractivity contribution in [1.29, 1.82) is 0 Å². The summed E-state index contributed by atoms with van der Waals surface area (Å²) in [6.07, 6.45) is -5.84. The summed E-state index contributed by atoms with van der Waals surface area (Å²) in [5, 5.41) is 47.6. The summed E-state index contributed by atoms with van der Waals surface area (Å²) in [4.78, 5) is 28.9. The molecule has 0 saturated carbocycles. The topological polar surface area (TPSA) is 152 Å². The SMILES string of the molecule is COc1cccc2c1C(OC)c1c(Sc3cc4c(c5c3C(OC)c3c(OC)cccc3C5O)C(=O)CC(C)C4O)cc3c(c1C2O)C(=O)CC(C)C3O. The molecule has 0 saturated heterocycles. The van der Waals surface area contributed by atoms with Gasteiger partial charge in [-0.15, -0.1) is 0 Å². The van der Waals surface area contributed by atoms with E-state index >= 15 is 0 Å². The van der Waals surface area contributed by atoms with E-state index in [4.69, 9.17) is 18.9 Å². The quantitative estimate of drug-likeness (QED) is 0.169. The van der Waals surface area contributed by atoms with Gasteiger partial charge in [-0.2, -0.15) is 0 Å². The zero-order chi connectivity index (χ0) is 37.6. The number of methoxy groups -OCH3 is 4. The highest BCUT2D eigenvalue weighted by Gasteiger charge is 2.46. The second-order valence-electron chi connectivity index (χ2n) is 14.5. The van der Waals surface area contributed by atoms with Crippen molar-refractivity contribution >= 4 is 23.3 Å². The van der Waals surface area contributed by atoms with Crippen LogP contribution in [-0.2, 0) is 9.47 Å². The molecule has 11 heteroatoms. The van der Waals surface area contributed by atoms with Crippen LogP contribution < -0.4 is 9.47 Å². The van der Waals surface area contributed by atoms with Crippen molar-refractivity contribution in [2.24, 2.45) is 11.8 Å². The minimum atomic E-state index is -1.25. The van der Waals surface area contributed by atoms with Gasteiger partial charge in [0.25, 0.3) is 0 Å². The molecule has 0 amide bonds. The molecule has 4 N–H and O–H groups in total. The summed E-state index contributed by atoms with van der Waals surface area (Å²) in [6, 6.07) is 14.3. The van der Waals surface area contributed by atoms with E-state index in [2.05, 4.69) is 0 Å². The van der Waals surface area contributed by atoms with E-state index in [9.17, 15) is 30.0 Å². The van der Waals surface area contributed by atoms with E-state index in [1.165, 1.54) is 11.8 Å². The minimum absolute atomic E-state index is 0.111. The summed E-state index contributed by atoms with van der Waals surface area (Å²) in [5.74, 6) is -0.0962. The highest BCUT2D eigenvalue weighted by atomic mass is 32.2. The van der Waals surface area contributed by atoms with Crippen LogP contribution in [0.25, 0.3) is 0 Å². The van der Waals surface area contributed by atoms with E-state index < -0.39 is 36.6 Å². The Kier molecular flexibility index (Phi) is 9.05. The third-order valence-electron chi connectivity index (χ3n) is 11.6. The maximum Gasteiger partial charge on any atom is 0.164 e. The van der Waals surface area contributed by atoms with Crippen LogP contribution in [0.3, 0.4) is 0 Å². The van der Waals surface area contributed by atoms with E-state index in [0.29, 0.717) is 76.9 Å². The molecule has 4 aromatic carbocycles. The van der Waals surface area contributed by atoms with Crippen LogP contribution >= 0.6 is 11.8 Å². The number of benzene rings is 4. The Morgan fingerprint density at radius 1 is 0.566 bits per heavy atom. The molecule has 0 aliphatic heterocycles. The van der Waals surface area contributed by atoms with Gasteiger partial charge in [0, 0.05) is 81.4 Å². The van der Waals surface area contributed by atoms with Crippen molar-refractivity contribution in [2.45, 2.75) is 73.1 Å². The molecule has 0 heterocycles. The standard InChI is InChI=1S/C42H42O10S/c1-17-13-23(43)29-21(37(17)45)15-27(33-35(29)39(47)19-9-7-11-25(49-3)31(19)41(33)51-5)53-28-16-22-30(24(44)14-18(2)38(22)46)36-34(28)42(52-6)32-20(40(36)48)10-8-12-26(32)50-4/h7-12,15-18,37-42,45-48H,13-14H2,1-6H3. The highest BCUT2D eigenvalue weighted by Crippen LogP contribution is 2.58. The van der Waals surface area contributed by atoms with Crippen molar-refractivity contribution in [1.82, 2.24) is 0 Å². The zero-order valence-electron chi connectivity index (χ0n) is 30.3. The van der Waals surface area contributed by atoms with Crippen molar-refractivity contribution < 1.29 is 49.0 Å². The molecule has 53 heavy (non-hydrogen) atoms. The van der Waals surface area contributed by atoms with Gasteiger partial charge in [-0.3, -0.25) is 9.59 Å². The maximum atomic E-state index is 13.9. The third-order valence-corrected chi connectivity index (χ3v) is 12.7. The molecular formula is C42H42O10S. The van der Waals surface area contributed by atoms with E-state index in [0.717, 1.165) is 0 Å². The molecule has 4 aromatic rings. The Balaban J connectivity index is 1.45. The summed E-state index contributed by atoms with van der Waals surface area (Å²) in [5.41, 5.74) is 5.45. The zero-order valence-corrected chi connectivity index (χ0v) is 31.1. The molecule has 4 aliphatic rings. The lowest BCUT2D eigenvalue weighted by atomic mass is 9.72. The van der Waals surface area contributed by atoms with E-state index in [1.54, 1.807) is 77.0 Å². The number of carbonyl (C=O) groups is 2. The van der Waals surface area contributed by atoms with Crippen molar-refractivity contribution in [3.63, 3.8) is 0 Å². The number of Topliss-reactive ketones (excluding diaryl/α,β-unsaturated/α-hetero) is 2. The monoisotopic (exact) mass is 738 g/mol. The van der Waals surface area contributed by atoms with Gasteiger partial charge in [0.2, 0.25) is 0 Å². The Bertz CT molecular complexity index is 2040. The average Bonchev–Trinajstić information content (AvgIpc) is 3.15. The highest BCUT2D eigenvalue weighted by molar-refractivity contribution is 7.99. The number of carbonyl (C=O) groups excluding carboxylic acids is 2. The number of ketones is 2. The number of hydrogen-bond donors (Lipinski definition) is 4. The molecule has 10 nitrogen and oxygen atoms in total. The predicted molar refractivity (Wildman–Crippen MR) is 195 cm³/mol. The van der Waals surface area contributed by atoms with Gasteiger partial charge < -0.3 is 39.4 Å². The largest absolute Gasteiger partial charge is 0.496 e. The second kappa shape index (κ2) is 13.3. The normalized spacial score (nSPS) is 26.8. The first-order chi connectivity index (χ1) is 25.5. The van der Waals surface area contributed by atoms with Gasteiger partial charge in [-0.05, 0) is 58.4 Å². The first-order valence-corrected chi connectivity index (χ1v) is 18.6. The molecule has 8 unspecified atom stereocenters. The van der Waals surface area contributed by atoms with Crippen LogP contribution in [0.2, 0.25) is 0 Å². The molecule has 0 fully saturated rings. The molecule has 0 spiro atoms. The van der Waals surface area contributed by atoms with Gasteiger partial charge >= 0.3 is 0 Å². The van der Waals surface area contributed by atoms with E-state index in [-0.39, 0.29) is 47.4 Å².